The molecule has 210 valence electrons. The van der Waals surface area contributed by atoms with E-state index in [0.717, 1.165) is 11.8 Å². The summed E-state index contributed by atoms with van der Waals surface area (Å²) >= 11 is 0. The molecule has 3 fully saturated rings. The van der Waals surface area contributed by atoms with Crippen LogP contribution in [0, 0.1) is 11.6 Å². The van der Waals surface area contributed by atoms with Crippen LogP contribution in [0.1, 0.15) is 6.42 Å². The molecule has 40 heavy (non-hydrogen) atoms. The highest BCUT2D eigenvalue weighted by Gasteiger charge is 2.50. The van der Waals surface area contributed by atoms with E-state index >= 15 is 8.78 Å². The molecule has 10 nitrogen and oxygen atoms in total. The summed E-state index contributed by atoms with van der Waals surface area (Å²) < 4.78 is 52.5. The number of carbonyl (C=O) groups is 1. The summed E-state index contributed by atoms with van der Waals surface area (Å²) in [4.78, 5) is 23.2. The number of amides is 1. The molecule has 12 heteroatoms. The predicted molar refractivity (Wildman–Crippen MR) is 144 cm³/mol. The molecule has 0 aliphatic carbocycles. The fourth-order valence-electron chi connectivity index (χ4n) is 5.40. The monoisotopic (exact) mass is 553 g/mol. The van der Waals surface area contributed by atoms with Crippen LogP contribution in [0.15, 0.2) is 37.1 Å². The summed E-state index contributed by atoms with van der Waals surface area (Å²) in [7, 11) is 2.61. The van der Waals surface area contributed by atoms with Crippen molar-refractivity contribution in [3.8, 4) is 22.8 Å². The number of hydrogen-bond acceptors (Lipinski definition) is 9. The van der Waals surface area contributed by atoms with E-state index in [0.29, 0.717) is 49.9 Å². The number of halogens is 2. The van der Waals surface area contributed by atoms with E-state index in [-0.39, 0.29) is 46.3 Å². The molecule has 2 N–H and O–H groups in total. The van der Waals surface area contributed by atoms with E-state index in [2.05, 4.69) is 22.2 Å². The van der Waals surface area contributed by atoms with Crippen LogP contribution in [-0.4, -0.2) is 80.7 Å². The van der Waals surface area contributed by atoms with Gasteiger partial charge in [0.15, 0.2) is 23.1 Å². The molecule has 2 atom stereocenters. The normalized spacial score (nSPS) is 21.1. The summed E-state index contributed by atoms with van der Waals surface area (Å²) in [5.74, 6) is -1.24. The highest BCUT2D eigenvalue weighted by Crippen LogP contribution is 2.43. The zero-order valence-electron chi connectivity index (χ0n) is 22.1. The summed E-state index contributed by atoms with van der Waals surface area (Å²) in [5, 5.41) is 7.59. The number of rotatable bonds is 8. The predicted octanol–water partition coefficient (Wildman–Crippen LogP) is 3.05. The first kappa shape index (κ1) is 26.2. The van der Waals surface area contributed by atoms with Crippen molar-refractivity contribution in [3.63, 3.8) is 0 Å². The van der Waals surface area contributed by atoms with Gasteiger partial charge >= 0.3 is 0 Å². The highest BCUT2D eigenvalue weighted by atomic mass is 19.1. The molecule has 1 amide bonds. The fourth-order valence-corrected chi connectivity index (χ4v) is 5.40. The van der Waals surface area contributed by atoms with Crippen molar-refractivity contribution in [1.29, 1.82) is 0 Å². The van der Waals surface area contributed by atoms with Crippen LogP contribution in [0.2, 0.25) is 0 Å². The molecule has 5 heterocycles. The van der Waals surface area contributed by atoms with Gasteiger partial charge in [0.25, 0.3) is 0 Å². The molecule has 0 bridgehead atoms. The lowest BCUT2D eigenvalue weighted by Gasteiger charge is -2.55. The average molecular weight is 554 g/mol. The van der Waals surface area contributed by atoms with Gasteiger partial charge in [-0.25, -0.2) is 18.7 Å². The van der Waals surface area contributed by atoms with E-state index in [1.165, 1.54) is 26.4 Å². The summed E-state index contributed by atoms with van der Waals surface area (Å²) in [6, 6.07) is 4.13. The second-order valence-electron chi connectivity index (χ2n) is 10.2. The Kier molecular flexibility index (Phi) is 6.67. The first-order chi connectivity index (χ1) is 19.3. The van der Waals surface area contributed by atoms with Crippen LogP contribution in [0.4, 0.5) is 20.4 Å². The molecule has 0 radical (unpaired) electrons. The number of nitrogens with one attached hydrogen (secondary N) is 2. The minimum absolute atomic E-state index is 0.0871. The van der Waals surface area contributed by atoms with Crippen LogP contribution in [0.25, 0.3) is 22.0 Å². The van der Waals surface area contributed by atoms with E-state index in [4.69, 9.17) is 23.9 Å². The number of ether oxygens (including phenoxy) is 4. The Morgan fingerprint density at radius 1 is 1.15 bits per heavy atom. The molecule has 1 aromatic carbocycles. The molecule has 3 aromatic rings. The van der Waals surface area contributed by atoms with Crippen molar-refractivity contribution in [2.75, 3.05) is 57.3 Å². The van der Waals surface area contributed by atoms with Gasteiger partial charge in [0.05, 0.1) is 70.5 Å². The maximum Gasteiger partial charge on any atom is 0.243 e. The highest BCUT2D eigenvalue weighted by molar-refractivity contribution is 5.96. The van der Waals surface area contributed by atoms with Crippen molar-refractivity contribution in [3.05, 3.63) is 48.7 Å². The van der Waals surface area contributed by atoms with Crippen molar-refractivity contribution < 1.29 is 32.5 Å². The SMILES string of the molecule is C=CC(=O)N[C@H]1COC[C@H]1Nc1cc2c(N3CC4(CCO4)C3)nc(-c3c(F)c(OC)cc(OC)c3F)cc2cn1. The van der Waals surface area contributed by atoms with E-state index in [9.17, 15) is 4.79 Å². The van der Waals surface area contributed by atoms with Gasteiger partial charge in [-0.1, -0.05) is 6.58 Å². The minimum atomic E-state index is -0.874. The number of pyridine rings is 2. The van der Waals surface area contributed by atoms with Gasteiger partial charge in [-0.15, -0.1) is 0 Å². The number of hydrogen-bond donors (Lipinski definition) is 2. The third kappa shape index (κ3) is 4.46. The van der Waals surface area contributed by atoms with Gasteiger partial charge in [-0.2, -0.15) is 0 Å². The van der Waals surface area contributed by atoms with Crippen LogP contribution in [0.5, 0.6) is 11.5 Å². The quantitative estimate of drug-likeness (QED) is 0.407. The fraction of sp³-hybridized carbons (Fsp3) is 0.393. The molecule has 2 aromatic heterocycles. The maximum atomic E-state index is 15.4. The Hall–Kier alpha value is -4.03. The number of nitrogens with zero attached hydrogens (tertiary/aromatic N) is 3. The van der Waals surface area contributed by atoms with E-state index < -0.39 is 11.6 Å². The third-order valence-electron chi connectivity index (χ3n) is 7.67. The molecule has 3 aliphatic heterocycles. The first-order valence-corrected chi connectivity index (χ1v) is 12.9. The Morgan fingerprint density at radius 3 is 2.48 bits per heavy atom. The number of methoxy groups -OCH3 is 2. The molecule has 6 rings (SSSR count). The molecule has 3 saturated heterocycles. The minimum Gasteiger partial charge on any atom is -0.494 e. The van der Waals surface area contributed by atoms with Crippen molar-refractivity contribution in [1.82, 2.24) is 15.3 Å². The second-order valence-corrected chi connectivity index (χ2v) is 10.2. The number of fused-ring (bicyclic) bond motifs is 1. The van der Waals surface area contributed by atoms with Gasteiger partial charge in [0.1, 0.15) is 17.2 Å². The first-order valence-electron chi connectivity index (χ1n) is 12.9. The van der Waals surface area contributed by atoms with Gasteiger partial charge in [-0.3, -0.25) is 4.79 Å². The molecule has 1 spiro atoms. The van der Waals surface area contributed by atoms with Crippen molar-refractivity contribution in [2.45, 2.75) is 24.1 Å². The number of aromatic nitrogens is 2. The summed E-state index contributed by atoms with van der Waals surface area (Å²) in [5.41, 5.74) is -0.462. The van der Waals surface area contributed by atoms with E-state index in [1.54, 1.807) is 12.3 Å². The summed E-state index contributed by atoms with van der Waals surface area (Å²) in [6.07, 6.45) is 3.79. The van der Waals surface area contributed by atoms with Crippen LogP contribution >= 0.6 is 0 Å². The van der Waals surface area contributed by atoms with Crippen molar-refractivity contribution >= 4 is 28.3 Å². The Labute approximate surface area is 229 Å². The lowest BCUT2D eigenvalue weighted by Crippen LogP contribution is -2.68. The second kappa shape index (κ2) is 10.2. The number of benzene rings is 1. The molecule has 0 unspecified atom stereocenters. The van der Waals surface area contributed by atoms with Gasteiger partial charge in [0, 0.05) is 29.5 Å². The number of carbonyl (C=O) groups excluding carboxylic acids is 1. The van der Waals surface area contributed by atoms with Gasteiger partial charge in [-0.05, 0) is 18.2 Å². The Bertz CT molecular complexity index is 1460. The summed E-state index contributed by atoms with van der Waals surface area (Å²) in [6.45, 7) is 6.18. The maximum absolute atomic E-state index is 15.4. The third-order valence-corrected chi connectivity index (χ3v) is 7.67. The van der Waals surface area contributed by atoms with Crippen LogP contribution < -0.4 is 25.0 Å². The van der Waals surface area contributed by atoms with Crippen LogP contribution in [-0.2, 0) is 14.3 Å². The van der Waals surface area contributed by atoms with Crippen LogP contribution in [0.3, 0.4) is 0 Å². The Balaban J connectivity index is 1.41. The van der Waals surface area contributed by atoms with E-state index in [1.807, 2.05) is 11.0 Å². The number of anilines is 2. The topological polar surface area (TPSA) is 107 Å². The largest absolute Gasteiger partial charge is 0.494 e. The molecular formula is C28H29F2N5O5. The molecule has 0 saturated carbocycles. The van der Waals surface area contributed by atoms with Crippen molar-refractivity contribution in [2.24, 2.45) is 0 Å². The molecular weight excluding hydrogens is 524 g/mol. The smallest absolute Gasteiger partial charge is 0.243 e. The zero-order chi connectivity index (χ0) is 28.0. The standard InChI is InChI=1S/C28H29F2N5O5/c1-4-23(36)33-19-12-39-11-18(19)32-22-8-16-15(10-31-22)7-17(34-27(16)35-13-28(14-35)5-6-40-28)24-25(29)20(37-2)9-21(38-3)26(24)30/h4,7-10,18-19H,1,5-6,11-14H2,2-3H3,(H,31,32)(H,33,36)/t18-,19+/m1/s1. The van der Waals surface area contributed by atoms with Gasteiger partial charge in [0.2, 0.25) is 5.91 Å². The van der Waals surface area contributed by atoms with Gasteiger partial charge < -0.3 is 34.5 Å². The lowest BCUT2D eigenvalue weighted by atomic mass is 9.86. The lowest BCUT2D eigenvalue weighted by molar-refractivity contribution is -0.161. The zero-order valence-corrected chi connectivity index (χ0v) is 22.1. The molecule has 3 aliphatic rings. The Morgan fingerprint density at radius 2 is 1.85 bits per heavy atom. The average Bonchev–Trinajstić information content (AvgIpc) is 3.33.